The molecular formula is C29H35F3. The van der Waals surface area contributed by atoms with Crippen molar-refractivity contribution in [3.05, 3.63) is 76.1 Å². The third kappa shape index (κ3) is 5.13. The molecule has 4 rings (SSSR count). The van der Waals surface area contributed by atoms with Gasteiger partial charge in [0.1, 0.15) is 5.82 Å². The van der Waals surface area contributed by atoms with Gasteiger partial charge in [-0.2, -0.15) is 0 Å². The number of rotatable bonds is 5. The van der Waals surface area contributed by atoms with Crippen LogP contribution in [0.3, 0.4) is 0 Å². The van der Waals surface area contributed by atoms with Crippen LogP contribution in [0.2, 0.25) is 0 Å². The molecular weight excluding hydrogens is 405 g/mol. The number of hydrogen-bond acceptors (Lipinski definition) is 0. The Labute approximate surface area is 190 Å². The van der Waals surface area contributed by atoms with Crippen molar-refractivity contribution in [2.45, 2.75) is 83.5 Å². The lowest BCUT2D eigenvalue weighted by Gasteiger charge is -2.29. The molecule has 2 saturated carbocycles. The summed E-state index contributed by atoms with van der Waals surface area (Å²) in [6.45, 7) is 4.25. The van der Waals surface area contributed by atoms with Crippen LogP contribution in [0.4, 0.5) is 13.2 Å². The van der Waals surface area contributed by atoms with E-state index in [1.165, 1.54) is 0 Å². The van der Waals surface area contributed by atoms with Gasteiger partial charge in [-0.25, -0.2) is 13.2 Å². The van der Waals surface area contributed by atoms with E-state index in [0.717, 1.165) is 63.4 Å². The molecule has 0 aromatic heterocycles. The average Bonchev–Trinajstić information content (AvgIpc) is 2.81. The highest BCUT2D eigenvalue weighted by Gasteiger charge is 2.28. The van der Waals surface area contributed by atoms with E-state index in [1.807, 2.05) is 37.3 Å². The second-order valence-electron chi connectivity index (χ2n) is 10.0. The van der Waals surface area contributed by atoms with E-state index in [9.17, 15) is 8.78 Å². The fraction of sp³-hybridized carbons (Fsp3) is 0.517. The molecule has 0 saturated heterocycles. The van der Waals surface area contributed by atoms with Gasteiger partial charge in [0.15, 0.2) is 11.6 Å². The van der Waals surface area contributed by atoms with Crippen molar-refractivity contribution < 1.29 is 13.2 Å². The average molecular weight is 441 g/mol. The molecule has 32 heavy (non-hydrogen) atoms. The van der Waals surface area contributed by atoms with E-state index in [2.05, 4.69) is 13.0 Å². The largest absolute Gasteiger partial charge is 0.206 e. The SMILES string of the molecule is CCc1ccc(C=CC2CCC(c3ccc(C4CCC(C)CC4)c(F)c3F)CC2)c(F)c1. The van der Waals surface area contributed by atoms with Crippen LogP contribution in [0.15, 0.2) is 36.4 Å². The maximum absolute atomic E-state index is 15.0. The Hall–Kier alpha value is -2.03. The van der Waals surface area contributed by atoms with Gasteiger partial charge in [0.2, 0.25) is 0 Å². The van der Waals surface area contributed by atoms with Gasteiger partial charge in [0.25, 0.3) is 0 Å². The molecule has 3 heteroatoms. The van der Waals surface area contributed by atoms with Crippen LogP contribution < -0.4 is 0 Å². The molecule has 0 aliphatic heterocycles. The molecule has 0 spiro atoms. The van der Waals surface area contributed by atoms with E-state index in [4.69, 9.17) is 0 Å². The molecule has 0 radical (unpaired) electrons. The Kier molecular flexibility index (Phi) is 7.43. The lowest BCUT2D eigenvalue weighted by molar-refractivity contribution is 0.336. The normalized spacial score (nSPS) is 26.5. The minimum atomic E-state index is -0.627. The lowest BCUT2D eigenvalue weighted by atomic mass is 9.76. The molecule has 0 N–H and O–H groups in total. The van der Waals surface area contributed by atoms with E-state index in [-0.39, 0.29) is 17.7 Å². The first-order valence-electron chi connectivity index (χ1n) is 12.4. The number of aryl methyl sites for hydroxylation is 1. The highest BCUT2D eigenvalue weighted by Crippen LogP contribution is 2.41. The Bertz CT molecular complexity index is 945. The summed E-state index contributed by atoms with van der Waals surface area (Å²) < 4.78 is 44.2. The molecule has 0 bridgehead atoms. The summed E-state index contributed by atoms with van der Waals surface area (Å²) in [5.41, 5.74) is 2.73. The van der Waals surface area contributed by atoms with Crippen LogP contribution in [0.25, 0.3) is 6.08 Å². The molecule has 2 aromatic carbocycles. The highest BCUT2D eigenvalue weighted by atomic mass is 19.2. The van der Waals surface area contributed by atoms with Gasteiger partial charge >= 0.3 is 0 Å². The minimum Gasteiger partial charge on any atom is -0.206 e. The Morgan fingerprint density at radius 1 is 0.781 bits per heavy atom. The summed E-state index contributed by atoms with van der Waals surface area (Å²) >= 11 is 0. The number of allylic oxidation sites excluding steroid dienone is 1. The van der Waals surface area contributed by atoms with Gasteiger partial charge in [0, 0.05) is 5.56 Å². The first-order valence-corrected chi connectivity index (χ1v) is 12.4. The topological polar surface area (TPSA) is 0 Å². The number of halogens is 3. The highest BCUT2D eigenvalue weighted by molar-refractivity contribution is 5.51. The predicted molar refractivity (Wildman–Crippen MR) is 126 cm³/mol. The monoisotopic (exact) mass is 440 g/mol. The Morgan fingerprint density at radius 3 is 1.88 bits per heavy atom. The molecule has 0 heterocycles. The zero-order chi connectivity index (χ0) is 22.7. The number of benzene rings is 2. The van der Waals surface area contributed by atoms with Gasteiger partial charge in [-0.3, -0.25) is 0 Å². The van der Waals surface area contributed by atoms with Gasteiger partial charge in [-0.1, -0.05) is 63.1 Å². The van der Waals surface area contributed by atoms with Crippen molar-refractivity contribution in [3.63, 3.8) is 0 Å². The minimum absolute atomic E-state index is 0.0650. The fourth-order valence-corrected chi connectivity index (χ4v) is 5.57. The third-order valence-corrected chi connectivity index (χ3v) is 7.83. The van der Waals surface area contributed by atoms with Crippen LogP contribution in [-0.4, -0.2) is 0 Å². The van der Waals surface area contributed by atoms with Gasteiger partial charge in [-0.15, -0.1) is 0 Å². The second-order valence-corrected chi connectivity index (χ2v) is 10.0. The maximum Gasteiger partial charge on any atom is 0.162 e. The van der Waals surface area contributed by atoms with Crippen molar-refractivity contribution in [2.24, 2.45) is 11.8 Å². The molecule has 0 unspecified atom stereocenters. The summed E-state index contributed by atoms with van der Waals surface area (Å²) in [7, 11) is 0. The summed E-state index contributed by atoms with van der Waals surface area (Å²) in [6, 6.07) is 9.10. The fourth-order valence-electron chi connectivity index (χ4n) is 5.57. The molecule has 2 fully saturated rings. The Balaban J connectivity index is 1.38. The zero-order valence-electron chi connectivity index (χ0n) is 19.3. The zero-order valence-corrected chi connectivity index (χ0v) is 19.3. The van der Waals surface area contributed by atoms with Crippen LogP contribution >= 0.6 is 0 Å². The molecule has 0 atom stereocenters. The van der Waals surface area contributed by atoms with Crippen molar-refractivity contribution >= 4 is 6.08 Å². The summed E-state index contributed by atoms with van der Waals surface area (Å²) in [5, 5.41) is 0. The van der Waals surface area contributed by atoms with Crippen LogP contribution in [0.5, 0.6) is 0 Å². The van der Waals surface area contributed by atoms with Crippen molar-refractivity contribution in [3.8, 4) is 0 Å². The predicted octanol–water partition coefficient (Wildman–Crippen LogP) is 8.95. The first kappa shape index (κ1) is 23.1. The van der Waals surface area contributed by atoms with Crippen LogP contribution in [0.1, 0.15) is 99.3 Å². The standard InChI is InChI=1S/C29H35F3/c1-3-20-6-14-24(27(30)18-20)15-9-21-7-12-23(13-8-21)26-17-16-25(28(31)29(26)32)22-10-4-19(2)5-11-22/h6,9,14-19,21-23H,3-5,7-8,10-13H2,1-2H3. The molecule has 0 nitrogen and oxygen atoms in total. The first-order chi connectivity index (χ1) is 15.5. The summed E-state index contributed by atoms with van der Waals surface area (Å²) in [5.74, 6) is -0.159. The van der Waals surface area contributed by atoms with E-state index < -0.39 is 11.6 Å². The van der Waals surface area contributed by atoms with E-state index >= 15 is 4.39 Å². The van der Waals surface area contributed by atoms with E-state index in [0.29, 0.717) is 28.5 Å². The van der Waals surface area contributed by atoms with Crippen molar-refractivity contribution in [1.82, 2.24) is 0 Å². The number of hydrogen-bond donors (Lipinski definition) is 0. The van der Waals surface area contributed by atoms with E-state index in [1.54, 1.807) is 6.07 Å². The third-order valence-electron chi connectivity index (χ3n) is 7.83. The Morgan fingerprint density at radius 2 is 1.34 bits per heavy atom. The van der Waals surface area contributed by atoms with Gasteiger partial charge < -0.3 is 0 Å². The van der Waals surface area contributed by atoms with Gasteiger partial charge in [-0.05, 0) is 91.4 Å². The summed E-state index contributed by atoms with van der Waals surface area (Å²) in [6.07, 6.45) is 12.4. The lowest BCUT2D eigenvalue weighted by Crippen LogP contribution is -2.16. The second kappa shape index (κ2) is 10.3. The molecule has 2 aromatic rings. The maximum atomic E-state index is 15.0. The molecule has 2 aliphatic carbocycles. The quantitative estimate of drug-likeness (QED) is 0.435. The molecule has 2 aliphatic rings. The summed E-state index contributed by atoms with van der Waals surface area (Å²) in [4.78, 5) is 0. The molecule has 172 valence electrons. The molecule has 0 amide bonds. The van der Waals surface area contributed by atoms with Crippen LogP contribution in [-0.2, 0) is 6.42 Å². The van der Waals surface area contributed by atoms with Gasteiger partial charge in [0.05, 0.1) is 0 Å². The smallest absolute Gasteiger partial charge is 0.162 e. The van der Waals surface area contributed by atoms with Crippen molar-refractivity contribution in [1.29, 1.82) is 0 Å². The van der Waals surface area contributed by atoms with Crippen molar-refractivity contribution in [2.75, 3.05) is 0 Å². The van der Waals surface area contributed by atoms with Crippen LogP contribution in [0, 0.1) is 29.3 Å².